The van der Waals surface area contributed by atoms with Crippen molar-refractivity contribution in [3.63, 3.8) is 0 Å². The highest BCUT2D eigenvalue weighted by atomic mass is 32.2. The van der Waals surface area contributed by atoms with E-state index in [0.29, 0.717) is 5.92 Å². The van der Waals surface area contributed by atoms with Crippen LogP contribution in [0.4, 0.5) is 0 Å². The van der Waals surface area contributed by atoms with Gasteiger partial charge in [0.05, 0.1) is 5.25 Å². The van der Waals surface area contributed by atoms with Crippen molar-refractivity contribution in [2.45, 2.75) is 43.9 Å². The number of thioether (sulfide) groups is 1. The first-order chi connectivity index (χ1) is 8.90. The Labute approximate surface area is 120 Å². The van der Waals surface area contributed by atoms with Gasteiger partial charge in [0.2, 0.25) is 5.91 Å². The summed E-state index contributed by atoms with van der Waals surface area (Å²) in [6.45, 7) is 8.80. The lowest BCUT2D eigenvalue weighted by Gasteiger charge is -2.14. The minimum atomic E-state index is -0.0834. The Kier molecular flexibility index (Phi) is 6.38. The van der Waals surface area contributed by atoms with Gasteiger partial charge in [-0.1, -0.05) is 26.0 Å². The van der Waals surface area contributed by atoms with Gasteiger partial charge in [-0.3, -0.25) is 4.79 Å². The van der Waals surface area contributed by atoms with Crippen molar-refractivity contribution in [3.8, 4) is 0 Å². The number of rotatable bonds is 6. The van der Waals surface area contributed by atoms with E-state index in [1.54, 1.807) is 11.8 Å². The van der Waals surface area contributed by atoms with E-state index in [1.807, 2.05) is 38.1 Å². The molecule has 0 aliphatic carbocycles. The maximum atomic E-state index is 11.9. The third-order valence-corrected chi connectivity index (χ3v) is 3.88. The Morgan fingerprint density at radius 2 is 1.79 bits per heavy atom. The summed E-state index contributed by atoms with van der Waals surface area (Å²) in [6.07, 6.45) is 0. The van der Waals surface area contributed by atoms with Gasteiger partial charge < -0.3 is 11.1 Å². The molecule has 0 saturated carbocycles. The monoisotopic (exact) mass is 280 g/mol. The topological polar surface area (TPSA) is 55.1 Å². The Hall–Kier alpha value is -1.00. The molecule has 2 unspecified atom stereocenters. The van der Waals surface area contributed by atoms with E-state index < -0.39 is 0 Å². The highest BCUT2D eigenvalue weighted by Gasteiger charge is 2.14. The Bertz CT molecular complexity index is 401. The smallest absolute Gasteiger partial charge is 0.233 e. The lowest BCUT2D eigenvalue weighted by Crippen LogP contribution is -2.33. The molecule has 0 bridgehead atoms. The van der Waals surface area contributed by atoms with Crippen LogP contribution < -0.4 is 11.1 Å². The average molecular weight is 280 g/mol. The third kappa shape index (κ3) is 5.66. The zero-order chi connectivity index (χ0) is 14.4. The van der Waals surface area contributed by atoms with Gasteiger partial charge in [0.25, 0.3) is 0 Å². The molecule has 1 aromatic carbocycles. The minimum Gasteiger partial charge on any atom is -0.355 e. The molecule has 1 rings (SSSR count). The van der Waals surface area contributed by atoms with Gasteiger partial charge in [-0.15, -0.1) is 11.8 Å². The Morgan fingerprint density at radius 1 is 1.21 bits per heavy atom. The summed E-state index contributed by atoms with van der Waals surface area (Å²) in [5.74, 6) is 0.571. The van der Waals surface area contributed by atoms with E-state index in [2.05, 4.69) is 19.2 Å². The first-order valence-corrected chi connectivity index (χ1v) is 7.58. The molecule has 0 saturated heterocycles. The number of amides is 1. The Balaban J connectivity index is 2.51. The molecule has 0 aliphatic rings. The van der Waals surface area contributed by atoms with Crippen LogP contribution in [0.3, 0.4) is 0 Å². The van der Waals surface area contributed by atoms with Crippen molar-refractivity contribution >= 4 is 17.7 Å². The van der Waals surface area contributed by atoms with Crippen LogP contribution in [0.25, 0.3) is 0 Å². The molecule has 19 heavy (non-hydrogen) atoms. The highest BCUT2D eigenvalue weighted by molar-refractivity contribution is 8.00. The lowest BCUT2D eigenvalue weighted by atomic mass is 10.1. The second-order valence-corrected chi connectivity index (χ2v) is 6.67. The normalized spacial score (nSPS) is 14.2. The average Bonchev–Trinajstić information content (AvgIpc) is 2.36. The van der Waals surface area contributed by atoms with E-state index >= 15 is 0 Å². The van der Waals surface area contributed by atoms with Gasteiger partial charge in [0.15, 0.2) is 0 Å². The van der Waals surface area contributed by atoms with Crippen LogP contribution in [0.2, 0.25) is 0 Å². The lowest BCUT2D eigenvalue weighted by molar-refractivity contribution is -0.120. The summed E-state index contributed by atoms with van der Waals surface area (Å²) in [4.78, 5) is 13.0. The van der Waals surface area contributed by atoms with Crippen molar-refractivity contribution in [1.82, 2.24) is 5.32 Å². The van der Waals surface area contributed by atoms with E-state index in [1.165, 1.54) is 0 Å². The van der Waals surface area contributed by atoms with Crippen LogP contribution in [0, 0.1) is 5.92 Å². The third-order valence-electron chi connectivity index (χ3n) is 2.77. The minimum absolute atomic E-state index is 0.0470. The predicted octanol–water partition coefficient (Wildman–Crippen LogP) is 2.96. The molecule has 106 valence electrons. The van der Waals surface area contributed by atoms with E-state index in [9.17, 15) is 4.79 Å². The summed E-state index contributed by atoms with van der Waals surface area (Å²) in [5.41, 5.74) is 6.92. The number of nitrogens with one attached hydrogen (secondary N) is 1. The highest BCUT2D eigenvalue weighted by Crippen LogP contribution is 2.24. The molecule has 0 fully saturated rings. The number of nitrogens with two attached hydrogens (primary N) is 1. The number of carbonyl (C=O) groups is 1. The summed E-state index contributed by atoms with van der Waals surface area (Å²) in [6, 6.07) is 8.13. The number of benzene rings is 1. The van der Waals surface area contributed by atoms with Gasteiger partial charge in [-0.25, -0.2) is 0 Å². The molecular weight excluding hydrogens is 256 g/mol. The van der Waals surface area contributed by atoms with Gasteiger partial charge in [0, 0.05) is 17.5 Å². The molecule has 3 N–H and O–H groups in total. The molecule has 0 aromatic heterocycles. The van der Waals surface area contributed by atoms with Gasteiger partial charge in [-0.2, -0.15) is 0 Å². The van der Waals surface area contributed by atoms with Crippen molar-refractivity contribution in [2.24, 2.45) is 11.7 Å². The molecule has 1 amide bonds. The van der Waals surface area contributed by atoms with Crippen LogP contribution in [0.5, 0.6) is 0 Å². The molecule has 4 heteroatoms. The standard InChI is InChI=1S/C15H24N2OS/c1-10(2)9-17-15(18)12(4)19-14-7-5-13(6-8-14)11(3)16/h5-8,10-12H,9,16H2,1-4H3,(H,17,18). The fraction of sp³-hybridized carbons (Fsp3) is 0.533. The fourth-order valence-electron chi connectivity index (χ4n) is 1.56. The molecule has 2 atom stereocenters. The van der Waals surface area contributed by atoms with E-state index in [4.69, 9.17) is 5.73 Å². The SMILES string of the molecule is CC(C)CNC(=O)C(C)Sc1ccc(C(C)N)cc1. The first-order valence-electron chi connectivity index (χ1n) is 6.70. The van der Waals surface area contributed by atoms with Crippen LogP contribution in [-0.4, -0.2) is 17.7 Å². The fourth-order valence-corrected chi connectivity index (χ4v) is 2.45. The summed E-state index contributed by atoms with van der Waals surface area (Å²) in [5, 5.41) is 2.87. The van der Waals surface area contributed by atoms with Gasteiger partial charge in [0.1, 0.15) is 0 Å². The molecule has 3 nitrogen and oxygen atoms in total. The second kappa shape index (κ2) is 7.56. The molecule has 0 spiro atoms. The summed E-state index contributed by atoms with van der Waals surface area (Å²) < 4.78 is 0. The summed E-state index contributed by atoms with van der Waals surface area (Å²) >= 11 is 1.57. The molecule has 0 radical (unpaired) electrons. The maximum Gasteiger partial charge on any atom is 0.233 e. The van der Waals surface area contributed by atoms with Crippen molar-refractivity contribution < 1.29 is 4.79 Å². The van der Waals surface area contributed by atoms with Crippen LogP contribution >= 0.6 is 11.8 Å². The van der Waals surface area contributed by atoms with E-state index in [-0.39, 0.29) is 17.2 Å². The van der Waals surface area contributed by atoms with Crippen molar-refractivity contribution in [3.05, 3.63) is 29.8 Å². The van der Waals surface area contributed by atoms with Crippen LogP contribution in [-0.2, 0) is 4.79 Å². The van der Waals surface area contributed by atoms with E-state index in [0.717, 1.165) is 17.0 Å². The molecule has 0 aliphatic heterocycles. The molecular formula is C15H24N2OS. The Morgan fingerprint density at radius 3 is 2.26 bits per heavy atom. The summed E-state index contributed by atoms with van der Waals surface area (Å²) in [7, 11) is 0. The first kappa shape index (κ1) is 16.1. The second-order valence-electron chi connectivity index (χ2n) is 5.26. The van der Waals surface area contributed by atoms with Gasteiger partial charge >= 0.3 is 0 Å². The quantitative estimate of drug-likeness (QED) is 0.788. The van der Waals surface area contributed by atoms with Crippen LogP contribution in [0.15, 0.2) is 29.2 Å². The molecule has 1 aromatic rings. The number of hydrogen-bond donors (Lipinski definition) is 2. The van der Waals surface area contributed by atoms with Gasteiger partial charge in [-0.05, 0) is 37.5 Å². The largest absolute Gasteiger partial charge is 0.355 e. The van der Waals surface area contributed by atoms with Crippen LogP contribution in [0.1, 0.15) is 39.3 Å². The maximum absolute atomic E-state index is 11.9. The zero-order valence-corrected chi connectivity index (χ0v) is 13.0. The molecule has 0 heterocycles. The number of carbonyl (C=O) groups excluding carboxylic acids is 1. The zero-order valence-electron chi connectivity index (χ0n) is 12.1. The van der Waals surface area contributed by atoms with Crippen molar-refractivity contribution in [1.29, 1.82) is 0 Å². The number of hydrogen-bond acceptors (Lipinski definition) is 3. The predicted molar refractivity (Wildman–Crippen MR) is 82.2 cm³/mol. The van der Waals surface area contributed by atoms with Crippen molar-refractivity contribution in [2.75, 3.05) is 6.54 Å².